The summed E-state index contributed by atoms with van der Waals surface area (Å²) in [6, 6.07) is 8.27. The third-order valence-electron chi connectivity index (χ3n) is 3.83. The number of rotatable bonds is 3. The summed E-state index contributed by atoms with van der Waals surface area (Å²) in [6.45, 7) is 1.15. The average Bonchev–Trinajstić information content (AvgIpc) is 2.97. The zero-order valence-electron chi connectivity index (χ0n) is 10.9. The Hall–Kier alpha value is -1.84. The predicted octanol–water partition coefficient (Wildman–Crippen LogP) is 2.00. The molecule has 1 aliphatic carbocycles. The molecular weight excluding hydrogens is 240 g/mol. The van der Waals surface area contributed by atoms with Crippen molar-refractivity contribution in [2.24, 2.45) is 5.16 Å². The third kappa shape index (κ3) is 2.62. The summed E-state index contributed by atoms with van der Waals surface area (Å²) in [5.74, 6) is 0.106. The molecule has 1 atom stereocenters. The fourth-order valence-electron chi connectivity index (χ4n) is 2.81. The number of hydrogen-bond donors (Lipinski definition) is 1. The number of amides is 1. The molecule has 1 aromatic carbocycles. The molecule has 1 amide bonds. The van der Waals surface area contributed by atoms with E-state index in [9.17, 15) is 4.79 Å². The Bertz CT molecular complexity index is 511. The average molecular weight is 258 g/mol. The van der Waals surface area contributed by atoms with Crippen LogP contribution in [0.2, 0.25) is 0 Å². The van der Waals surface area contributed by atoms with Crippen molar-refractivity contribution in [3.63, 3.8) is 0 Å². The summed E-state index contributed by atoms with van der Waals surface area (Å²) in [5, 5.41) is 6.88. The zero-order chi connectivity index (χ0) is 13.1. The molecule has 1 aliphatic heterocycles. The predicted molar refractivity (Wildman–Crippen MR) is 73.1 cm³/mol. The Morgan fingerprint density at radius 1 is 1.37 bits per heavy atom. The summed E-state index contributed by atoms with van der Waals surface area (Å²) in [4.78, 5) is 17.2. The van der Waals surface area contributed by atoms with Gasteiger partial charge in [0.1, 0.15) is 6.61 Å². The summed E-state index contributed by atoms with van der Waals surface area (Å²) in [5.41, 5.74) is 3.43. The Morgan fingerprint density at radius 2 is 2.26 bits per heavy atom. The van der Waals surface area contributed by atoms with E-state index >= 15 is 0 Å². The van der Waals surface area contributed by atoms with Gasteiger partial charge in [0, 0.05) is 6.42 Å². The lowest BCUT2D eigenvalue weighted by atomic mass is 9.82. The first-order valence-electron chi connectivity index (χ1n) is 6.88. The van der Waals surface area contributed by atoms with Gasteiger partial charge in [-0.1, -0.05) is 29.4 Å². The van der Waals surface area contributed by atoms with Crippen LogP contribution < -0.4 is 5.32 Å². The maximum atomic E-state index is 12.3. The molecule has 0 bridgehead atoms. The van der Waals surface area contributed by atoms with Crippen molar-refractivity contribution in [2.45, 2.75) is 31.6 Å². The molecule has 1 aromatic rings. The van der Waals surface area contributed by atoms with Crippen LogP contribution in [0.5, 0.6) is 0 Å². The van der Waals surface area contributed by atoms with E-state index < -0.39 is 0 Å². The second-order valence-electron chi connectivity index (χ2n) is 5.10. The molecule has 0 saturated carbocycles. The van der Waals surface area contributed by atoms with Crippen LogP contribution in [0.15, 0.2) is 29.4 Å². The number of fused-ring (bicyclic) bond motifs is 1. The maximum Gasteiger partial charge on any atom is 0.227 e. The minimum Gasteiger partial charge on any atom is -0.395 e. The zero-order valence-corrected chi connectivity index (χ0v) is 10.9. The normalized spacial score (nSPS) is 21.3. The lowest BCUT2D eigenvalue weighted by Gasteiger charge is -2.24. The van der Waals surface area contributed by atoms with Gasteiger partial charge in [0.05, 0.1) is 18.2 Å². The van der Waals surface area contributed by atoms with Gasteiger partial charge >= 0.3 is 0 Å². The number of hydrogen-bond acceptors (Lipinski definition) is 3. The molecule has 1 N–H and O–H groups in total. The van der Waals surface area contributed by atoms with Gasteiger partial charge in [-0.05, 0) is 30.4 Å². The van der Waals surface area contributed by atoms with E-state index in [4.69, 9.17) is 4.84 Å². The standard InChI is InChI=1S/C15H18N2O2/c18-15(16-10-12-8-9-19-17-12)14-7-3-5-11-4-1-2-6-13(11)14/h1-2,4,6,14H,3,5,7-10H2,(H,16,18). The highest BCUT2D eigenvalue weighted by Gasteiger charge is 2.26. The SMILES string of the molecule is O=C(NCC1=NOCC1)C1CCCc2ccccc21. The number of carbonyl (C=O) groups excluding carboxylic acids is 1. The van der Waals surface area contributed by atoms with E-state index in [2.05, 4.69) is 22.6 Å². The minimum atomic E-state index is -0.00660. The first-order chi connectivity index (χ1) is 9.34. The molecule has 2 aliphatic rings. The van der Waals surface area contributed by atoms with Crippen LogP contribution in [0.4, 0.5) is 0 Å². The number of nitrogens with one attached hydrogen (secondary N) is 1. The van der Waals surface area contributed by atoms with Crippen molar-refractivity contribution in [1.29, 1.82) is 0 Å². The number of aryl methyl sites for hydroxylation is 1. The van der Waals surface area contributed by atoms with Gasteiger partial charge in [0.2, 0.25) is 5.91 Å². The molecular formula is C15H18N2O2. The Morgan fingerprint density at radius 3 is 3.11 bits per heavy atom. The van der Waals surface area contributed by atoms with Gasteiger partial charge in [0.15, 0.2) is 0 Å². The highest BCUT2D eigenvalue weighted by molar-refractivity contribution is 5.92. The van der Waals surface area contributed by atoms with Gasteiger partial charge in [-0.2, -0.15) is 0 Å². The van der Waals surface area contributed by atoms with Crippen LogP contribution in [0.3, 0.4) is 0 Å². The van der Waals surface area contributed by atoms with Crippen LogP contribution in [-0.4, -0.2) is 24.8 Å². The van der Waals surface area contributed by atoms with E-state index in [1.54, 1.807) is 0 Å². The van der Waals surface area contributed by atoms with Crippen LogP contribution in [0.1, 0.15) is 36.3 Å². The number of carbonyl (C=O) groups is 1. The molecule has 1 unspecified atom stereocenters. The van der Waals surface area contributed by atoms with Crippen molar-refractivity contribution in [3.05, 3.63) is 35.4 Å². The van der Waals surface area contributed by atoms with E-state index in [-0.39, 0.29) is 11.8 Å². The number of oxime groups is 1. The molecule has 4 nitrogen and oxygen atoms in total. The van der Waals surface area contributed by atoms with Crippen molar-refractivity contribution in [3.8, 4) is 0 Å². The third-order valence-corrected chi connectivity index (χ3v) is 3.83. The van der Waals surface area contributed by atoms with Crippen LogP contribution >= 0.6 is 0 Å². The van der Waals surface area contributed by atoms with Gasteiger partial charge in [-0.25, -0.2) is 0 Å². The maximum absolute atomic E-state index is 12.3. The van der Waals surface area contributed by atoms with Gasteiger partial charge < -0.3 is 10.2 Å². The first-order valence-corrected chi connectivity index (χ1v) is 6.88. The fraction of sp³-hybridized carbons (Fsp3) is 0.467. The quantitative estimate of drug-likeness (QED) is 0.901. The van der Waals surface area contributed by atoms with Crippen LogP contribution in [0.25, 0.3) is 0 Å². The summed E-state index contributed by atoms with van der Waals surface area (Å²) < 4.78 is 0. The van der Waals surface area contributed by atoms with Gasteiger partial charge in [-0.15, -0.1) is 0 Å². The fourth-order valence-corrected chi connectivity index (χ4v) is 2.81. The first kappa shape index (κ1) is 12.2. The molecule has 0 aromatic heterocycles. The lowest BCUT2D eigenvalue weighted by molar-refractivity contribution is -0.122. The lowest BCUT2D eigenvalue weighted by Crippen LogP contribution is -2.34. The van der Waals surface area contributed by atoms with E-state index in [0.717, 1.165) is 31.4 Å². The number of benzene rings is 1. The van der Waals surface area contributed by atoms with E-state index in [0.29, 0.717) is 13.2 Å². The second kappa shape index (κ2) is 5.43. The summed E-state index contributed by atoms with van der Waals surface area (Å²) in [7, 11) is 0. The molecule has 4 heteroatoms. The molecule has 3 rings (SSSR count). The Kier molecular flexibility index (Phi) is 3.49. The molecule has 0 spiro atoms. The molecule has 19 heavy (non-hydrogen) atoms. The largest absolute Gasteiger partial charge is 0.395 e. The topological polar surface area (TPSA) is 50.7 Å². The summed E-state index contributed by atoms with van der Waals surface area (Å²) >= 11 is 0. The molecule has 0 radical (unpaired) electrons. The van der Waals surface area contributed by atoms with Crippen molar-refractivity contribution in [1.82, 2.24) is 5.32 Å². The van der Waals surface area contributed by atoms with E-state index in [1.165, 1.54) is 11.1 Å². The molecule has 0 saturated heterocycles. The van der Waals surface area contributed by atoms with Crippen molar-refractivity contribution < 1.29 is 9.63 Å². The van der Waals surface area contributed by atoms with Crippen LogP contribution in [-0.2, 0) is 16.1 Å². The van der Waals surface area contributed by atoms with Gasteiger partial charge in [-0.3, -0.25) is 4.79 Å². The second-order valence-corrected chi connectivity index (χ2v) is 5.10. The monoisotopic (exact) mass is 258 g/mol. The molecule has 1 heterocycles. The highest BCUT2D eigenvalue weighted by atomic mass is 16.6. The minimum absolute atomic E-state index is 0.00660. The molecule has 100 valence electrons. The van der Waals surface area contributed by atoms with Crippen molar-refractivity contribution in [2.75, 3.05) is 13.2 Å². The summed E-state index contributed by atoms with van der Waals surface area (Å²) in [6.07, 6.45) is 3.92. The highest BCUT2D eigenvalue weighted by Crippen LogP contribution is 2.31. The Balaban J connectivity index is 1.67. The van der Waals surface area contributed by atoms with Gasteiger partial charge in [0.25, 0.3) is 0 Å². The van der Waals surface area contributed by atoms with Crippen LogP contribution in [0, 0.1) is 0 Å². The number of nitrogens with zero attached hydrogens (tertiary/aromatic N) is 1. The van der Waals surface area contributed by atoms with Crippen molar-refractivity contribution >= 4 is 11.6 Å². The smallest absolute Gasteiger partial charge is 0.227 e. The van der Waals surface area contributed by atoms with E-state index in [1.807, 2.05) is 12.1 Å². The molecule has 0 fully saturated rings. The Labute approximate surface area is 112 Å².